The van der Waals surface area contributed by atoms with Crippen LogP contribution in [-0.4, -0.2) is 59.5 Å². The number of benzene rings is 3. The SMILES string of the molecule is COc1ccc(-c2cc(C(=O)N3CCN(C(=O)c4cc(C(F)(F)F)cc(C(F)(F)F)c4)CC3)c(C)n2-c2ccc(F)cc2F)cc1. The highest BCUT2D eigenvalue weighted by molar-refractivity contribution is 5.98. The molecule has 3 aromatic carbocycles. The van der Waals surface area contributed by atoms with E-state index in [-0.39, 0.29) is 43.5 Å². The van der Waals surface area contributed by atoms with E-state index in [0.29, 0.717) is 40.9 Å². The quantitative estimate of drug-likeness (QED) is 0.212. The van der Waals surface area contributed by atoms with Crippen molar-refractivity contribution in [2.45, 2.75) is 19.3 Å². The highest BCUT2D eigenvalue weighted by Crippen LogP contribution is 2.37. The van der Waals surface area contributed by atoms with Crippen molar-refractivity contribution in [2.24, 2.45) is 0 Å². The molecule has 1 saturated heterocycles. The van der Waals surface area contributed by atoms with Gasteiger partial charge in [-0.2, -0.15) is 26.3 Å². The molecule has 0 atom stereocenters. The zero-order valence-electron chi connectivity index (χ0n) is 24.3. The molecule has 0 unspecified atom stereocenters. The van der Waals surface area contributed by atoms with Gasteiger partial charge in [-0.25, -0.2) is 8.78 Å². The first-order valence-corrected chi connectivity index (χ1v) is 13.8. The molecule has 0 N–H and O–H groups in total. The molecule has 0 radical (unpaired) electrons. The molecule has 1 aliphatic heterocycles. The summed E-state index contributed by atoms with van der Waals surface area (Å²) in [6.45, 7) is 1.08. The van der Waals surface area contributed by atoms with Crippen LogP contribution in [0, 0.1) is 18.6 Å². The van der Waals surface area contributed by atoms with Gasteiger partial charge in [0.15, 0.2) is 0 Å². The Balaban J connectivity index is 1.42. The highest BCUT2D eigenvalue weighted by atomic mass is 19.4. The summed E-state index contributed by atoms with van der Waals surface area (Å²) in [5, 5.41) is 0. The van der Waals surface area contributed by atoms with Crippen LogP contribution >= 0.6 is 0 Å². The topological polar surface area (TPSA) is 54.8 Å². The summed E-state index contributed by atoms with van der Waals surface area (Å²) in [5.74, 6) is -2.66. The molecule has 2 amide bonds. The Morgan fingerprint density at radius 1 is 0.717 bits per heavy atom. The summed E-state index contributed by atoms with van der Waals surface area (Å²) >= 11 is 0. The lowest BCUT2D eigenvalue weighted by molar-refractivity contribution is -0.143. The maximum atomic E-state index is 15.0. The fourth-order valence-electron chi connectivity index (χ4n) is 5.31. The van der Waals surface area contributed by atoms with Crippen LogP contribution in [0.3, 0.4) is 0 Å². The highest BCUT2D eigenvalue weighted by Gasteiger charge is 2.38. The minimum absolute atomic E-state index is 0.0153. The number of amides is 2. The molecule has 242 valence electrons. The second-order valence-corrected chi connectivity index (χ2v) is 10.6. The van der Waals surface area contributed by atoms with E-state index < -0.39 is 52.5 Å². The van der Waals surface area contributed by atoms with Gasteiger partial charge in [0.1, 0.15) is 17.4 Å². The van der Waals surface area contributed by atoms with E-state index in [1.807, 2.05) is 0 Å². The Labute approximate surface area is 257 Å². The van der Waals surface area contributed by atoms with E-state index in [9.17, 15) is 44.7 Å². The van der Waals surface area contributed by atoms with E-state index in [1.165, 1.54) is 22.6 Å². The van der Waals surface area contributed by atoms with E-state index in [4.69, 9.17) is 4.74 Å². The van der Waals surface area contributed by atoms with Crippen molar-refractivity contribution < 1.29 is 49.4 Å². The molecule has 4 aromatic rings. The number of carbonyl (C=O) groups excluding carboxylic acids is 2. The number of alkyl halides is 6. The van der Waals surface area contributed by atoms with E-state index >= 15 is 0 Å². The molecule has 5 rings (SSSR count). The number of hydrogen-bond donors (Lipinski definition) is 0. The van der Waals surface area contributed by atoms with Crippen molar-refractivity contribution in [3.05, 3.63) is 106 Å². The lowest BCUT2D eigenvalue weighted by atomic mass is 10.0. The lowest BCUT2D eigenvalue weighted by Crippen LogP contribution is -2.50. The van der Waals surface area contributed by atoms with Gasteiger partial charge in [-0.15, -0.1) is 0 Å². The van der Waals surface area contributed by atoms with Gasteiger partial charge in [-0.05, 0) is 73.2 Å². The standard InChI is InChI=1S/C32H25F8N3O3/c1-18-25(17-28(19-3-6-24(46-2)7-4-19)43(18)27-8-5-23(33)16-26(27)34)30(45)42-11-9-41(10-12-42)29(44)20-13-21(31(35,36)37)15-22(14-20)32(38,39)40/h3-8,13-17H,9-12H2,1-2H3. The molecule has 0 spiro atoms. The maximum Gasteiger partial charge on any atom is 0.416 e. The predicted octanol–water partition coefficient (Wildman–Crippen LogP) is 7.38. The van der Waals surface area contributed by atoms with Gasteiger partial charge in [0.25, 0.3) is 11.8 Å². The number of methoxy groups -OCH3 is 1. The van der Waals surface area contributed by atoms with Crippen molar-refractivity contribution in [1.29, 1.82) is 0 Å². The summed E-state index contributed by atoms with van der Waals surface area (Å²) in [6, 6.07) is 12.0. The number of piperazine rings is 1. The number of nitrogens with zero attached hydrogens (tertiary/aromatic N) is 3. The van der Waals surface area contributed by atoms with Gasteiger partial charge in [-0.3, -0.25) is 9.59 Å². The molecular formula is C32H25F8N3O3. The summed E-state index contributed by atoms with van der Waals surface area (Å²) in [7, 11) is 1.49. The fourth-order valence-corrected chi connectivity index (χ4v) is 5.31. The van der Waals surface area contributed by atoms with Gasteiger partial charge < -0.3 is 19.1 Å². The van der Waals surface area contributed by atoms with Crippen LogP contribution in [0.4, 0.5) is 35.1 Å². The number of ether oxygens (including phenoxy) is 1. The first-order chi connectivity index (χ1) is 21.6. The van der Waals surface area contributed by atoms with Gasteiger partial charge in [0.2, 0.25) is 0 Å². The van der Waals surface area contributed by atoms with Gasteiger partial charge in [0.05, 0.1) is 35.2 Å². The molecule has 14 heteroatoms. The van der Waals surface area contributed by atoms with Crippen molar-refractivity contribution in [3.8, 4) is 22.7 Å². The zero-order chi connectivity index (χ0) is 33.6. The molecule has 1 fully saturated rings. The van der Waals surface area contributed by atoms with Crippen LogP contribution in [0.1, 0.15) is 37.5 Å². The molecule has 0 bridgehead atoms. The van der Waals surface area contributed by atoms with Crippen LogP contribution in [0.25, 0.3) is 16.9 Å². The first kappa shape index (κ1) is 32.5. The molecule has 1 aliphatic rings. The maximum absolute atomic E-state index is 15.0. The summed E-state index contributed by atoms with van der Waals surface area (Å²) in [6.07, 6.45) is -10.2. The Morgan fingerprint density at radius 3 is 1.76 bits per heavy atom. The normalized spacial score (nSPS) is 14.0. The monoisotopic (exact) mass is 651 g/mol. The van der Waals surface area contributed by atoms with Crippen LogP contribution in [-0.2, 0) is 12.4 Å². The number of aromatic nitrogens is 1. The molecule has 2 heterocycles. The second-order valence-electron chi connectivity index (χ2n) is 10.6. The second kappa shape index (κ2) is 12.1. The molecule has 0 aliphatic carbocycles. The zero-order valence-corrected chi connectivity index (χ0v) is 24.3. The van der Waals surface area contributed by atoms with E-state index in [2.05, 4.69) is 0 Å². The molecule has 1 aromatic heterocycles. The molecular weight excluding hydrogens is 626 g/mol. The Morgan fingerprint density at radius 2 is 1.26 bits per heavy atom. The summed E-state index contributed by atoms with van der Waals surface area (Å²) in [5.41, 5.74) is -2.52. The average Bonchev–Trinajstić information content (AvgIpc) is 3.35. The van der Waals surface area contributed by atoms with Crippen molar-refractivity contribution in [1.82, 2.24) is 14.4 Å². The Bertz CT molecular complexity index is 1760. The minimum atomic E-state index is -5.11. The van der Waals surface area contributed by atoms with Gasteiger partial charge >= 0.3 is 12.4 Å². The predicted molar refractivity (Wildman–Crippen MR) is 151 cm³/mol. The van der Waals surface area contributed by atoms with Crippen LogP contribution in [0.15, 0.2) is 66.7 Å². The average molecular weight is 652 g/mol. The summed E-state index contributed by atoms with van der Waals surface area (Å²) < 4.78 is 115. The fraction of sp³-hybridized carbons (Fsp3) is 0.250. The van der Waals surface area contributed by atoms with E-state index in [1.54, 1.807) is 37.3 Å². The molecule has 46 heavy (non-hydrogen) atoms. The van der Waals surface area contributed by atoms with Crippen molar-refractivity contribution in [3.63, 3.8) is 0 Å². The lowest BCUT2D eigenvalue weighted by Gasteiger charge is -2.35. The van der Waals surface area contributed by atoms with Crippen LogP contribution in [0.2, 0.25) is 0 Å². The van der Waals surface area contributed by atoms with Gasteiger partial charge in [-0.1, -0.05) is 0 Å². The number of hydrogen-bond acceptors (Lipinski definition) is 3. The number of rotatable bonds is 5. The minimum Gasteiger partial charge on any atom is -0.497 e. The largest absolute Gasteiger partial charge is 0.497 e. The Hall–Kier alpha value is -4.88. The van der Waals surface area contributed by atoms with Crippen molar-refractivity contribution in [2.75, 3.05) is 33.3 Å². The van der Waals surface area contributed by atoms with Crippen LogP contribution in [0.5, 0.6) is 5.75 Å². The third kappa shape index (κ3) is 6.42. The van der Waals surface area contributed by atoms with Crippen LogP contribution < -0.4 is 4.74 Å². The first-order valence-electron chi connectivity index (χ1n) is 13.8. The van der Waals surface area contributed by atoms with Gasteiger partial charge in [0, 0.05) is 43.5 Å². The molecule has 6 nitrogen and oxygen atoms in total. The Kier molecular flexibility index (Phi) is 8.58. The summed E-state index contributed by atoms with van der Waals surface area (Å²) in [4.78, 5) is 29.2. The third-order valence-electron chi connectivity index (χ3n) is 7.70. The van der Waals surface area contributed by atoms with E-state index in [0.717, 1.165) is 11.0 Å². The van der Waals surface area contributed by atoms with Crippen molar-refractivity contribution >= 4 is 11.8 Å². The molecule has 0 saturated carbocycles. The number of halogens is 8. The smallest absolute Gasteiger partial charge is 0.416 e. The number of carbonyl (C=O) groups is 2. The third-order valence-corrected chi connectivity index (χ3v) is 7.70.